The average Bonchev–Trinajstić information content (AvgIpc) is 2.41. The van der Waals surface area contributed by atoms with E-state index in [1.165, 1.54) is 0 Å². The van der Waals surface area contributed by atoms with Crippen molar-refractivity contribution in [2.24, 2.45) is 0 Å². The van der Waals surface area contributed by atoms with Crippen molar-refractivity contribution in [3.8, 4) is 0 Å². The minimum atomic E-state index is 0.0755. The molecule has 0 radical (unpaired) electrons. The SMILES string of the molecule is CCNC(=O)CN1CCCCC1c1ncc(Br)cn1. The Balaban J connectivity index is 2.07. The van der Waals surface area contributed by atoms with E-state index in [1.807, 2.05) is 6.92 Å². The lowest BCUT2D eigenvalue weighted by molar-refractivity contribution is -0.123. The largest absolute Gasteiger partial charge is 0.355 e. The lowest BCUT2D eigenvalue weighted by Crippen LogP contribution is -2.42. The van der Waals surface area contributed by atoms with E-state index < -0.39 is 0 Å². The van der Waals surface area contributed by atoms with Gasteiger partial charge in [-0.15, -0.1) is 0 Å². The molecule has 0 aliphatic carbocycles. The molecule has 0 saturated carbocycles. The van der Waals surface area contributed by atoms with Gasteiger partial charge in [-0.05, 0) is 42.2 Å². The highest BCUT2D eigenvalue weighted by molar-refractivity contribution is 9.10. The standard InChI is InChI=1S/C13H19BrN4O/c1-2-15-12(19)9-18-6-4-3-5-11(18)13-16-7-10(14)8-17-13/h7-8,11H,2-6,9H2,1H3,(H,15,19). The van der Waals surface area contributed by atoms with E-state index >= 15 is 0 Å². The zero-order valence-electron chi connectivity index (χ0n) is 11.1. The Hall–Kier alpha value is -1.01. The van der Waals surface area contributed by atoms with Gasteiger partial charge in [0.25, 0.3) is 0 Å². The average molecular weight is 327 g/mol. The van der Waals surface area contributed by atoms with Gasteiger partial charge in [0, 0.05) is 18.9 Å². The second kappa shape index (κ2) is 6.96. The molecule has 2 heterocycles. The Morgan fingerprint density at radius 3 is 2.89 bits per heavy atom. The van der Waals surface area contributed by atoms with Gasteiger partial charge in [0.2, 0.25) is 5.91 Å². The van der Waals surface area contributed by atoms with Gasteiger partial charge in [-0.1, -0.05) is 6.42 Å². The normalized spacial score (nSPS) is 20.2. The maximum Gasteiger partial charge on any atom is 0.234 e. The van der Waals surface area contributed by atoms with Gasteiger partial charge in [-0.3, -0.25) is 9.69 Å². The summed E-state index contributed by atoms with van der Waals surface area (Å²) in [5.74, 6) is 0.888. The molecule has 1 aliphatic rings. The Kier molecular flexibility index (Phi) is 5.27. The number of likely N-dealkylation sites (tertiary alicyclic amines) is 1. The van der Waals surface area contributed by atoms with Crippen molar-refractivity contribution in [3.05, 3.63) is 22.7 Å². The third kappa shape index (κ3) is 3.98. The van der Waals surface area contributed by atoms with Crippen LogP contribution in [0.3, 0.4) is 0 Å². The molecule has 1 fully saturated rings. The number of nitrogens with zero attached hydrogens (tertiary/aromatic N) is 3. The van der Waals surface area contributed by atoms with Crippen LogP contribution in [0.5, 0.6) is 0 Å². The molecule has 6 heteroatoms. The summed E-state index contributed by atoms with van der Waals surface area (Å²) >= 11 is 3.34. The summed E-state index contributed by atoms with van der Waals surface area (Å²) in [5, 5.41) is 2.85. The first-order chi connectivity index (χ1) is 9.20. The highest BCUT2D eigenvalue weighted by Gasteiger charge is 2.27. The van der Waals surface area contributed by atoms with Crippen LogP contribution >= 0.6 is 15.9 Å². The Bertz CT molecular complexity index is 423. The summed E-state index contributed by atoms with van der Waals surface area (Å²) in [4.78, 5) is 22.7. The molecule has 1 N–H and O–H groups in total. The van der Waals surface area contributed by atoms with Crippen LogP contribution in [0, 0.1) is 0 Å². The molecule has 0 aromatic carbocycles. The van der Waals surface area contributed by atoms with Crippen LogP contribution in [-0.2, 0) is 4.79 Å². The van der Waals surface area contributed by atoms with Crippen LogP contribution in [-0.4, -0.2) is 40.4 Å². The van der Waals surface area contributed by atoms with E-state index in [2.05, 4.69) is 36.1 Å². The molecular weight excluding hydrogens is 308 g/mol. The van der Waals surface area contributed by atoms with Crippen LogP contribution in [0.15, 0.2) is 16.9 Å². The Morgan fingerprint density at radius 1 is 1.47 bits per heavy atom. The van der Waals surface area contributed by atoms with Crippen molar-refractivity contribution in [1.82, 2.24) is 20.2 Å². The zero-order chi connectivity index (χ0) is 13.7. The molecular formula is C13H19BrN4O. The molecule has 19 heavy (non-hydrogen) atoms. The number of hydrogen-bond donors (Lipinski definition) is 1. The molecule has 1 amide bonds. The number of piperidine rings is 1. The monoisotopic (exact) mass is 326 g/mol. The minimum Gasteiger partial charge on any atom is -0.355 e. The van der Waals surface area contributed by atoms with E-state index in [0.29, 0.717) is 13.1 Å². The number of likely N-dealkylation sites (N-methyl/N-ethyl adjacent to an activating group) is 1. The summed E-state index contributed by atoms with van der Waals surface area (Å²) in [7, 11) is 0. The van der Waals surface area contributed by atoms with E-state index in [4.69, 9.17) is 0 Å². The molecule has 2 rings (SSSR count). The number of aromatic nitrogens is 2. The first-order valence-electron chi connectivity index (χ1n) is 6.69. The second-order valence-electron chi connectivity index (χ2n) is 4.70. The number of rotatable bonds is 4. The summed E-state index contributed by atoms with van der Waals surface area (Å²) in [6.45, 7) is 3.97. The van der Waals surface area contributed by atoms with Crippen molar-refractivity contribution in [2.45, 2.75) is 32.2 Å². The van der Waals surface area contributed by atoms with Crippen molar-refractivity contribution in [3.63, 3.8) is 0 Å². The Labute approximate surface area is 121 Å². The number of nitrogens with one attached hydrogen (secondary N) is 1. The fraction of sp³-hybridized carbons (Fsp3) is 0.615. The molecule has 1 aliphatic heterocycles. The molecule has 1 saturated heterocycles. The third-order valence-electron chi connectivity index (χ3n) is 3.27. The van der Waals surface area contributed by atoms with Crippen LogP contribution < -0.4 is 5.32 Å². The van der Waals surface area contributed by atoms with Crippen molar-refractivity contribution in [1.29, 1.82) is 0 Å². The predicted molar refractivity (Wildman–Crippen MR) is 76.6 cm³/mol. The van der Waals surface area contributed by atoms with Crippen LogP contribution in [0.2, 0.25) is 0 Å². The molecule has 0 bridgehead atoms. The van der Waals surface area contributed by atoms with Crippen LogP contribution in [0.4, 0.5) is 0 Å². The predicted octanol–water partition coefficient (Wildman–Crippen LogP) is 1.90. The topological polar surface area (TPSA) is 58.1 Å². The molecule has 1 aromatic heterocycles. The summed E-state index contributed by atoms with van der Waals surface area (Å²) in [5.41, 5.74) is 0. The van der Waals surface area contributed by atoms with Gasteiger partial charge in [0.05, 0.1) is 17.1 Å². The molecule has 1 atom stereocenters. The van der Waals surface area contributed by atoms with E-state index in [-0.39, 0.29) is 11.9 Å². The fourth-order valence-corrected chi connectivity index (χ4v) is 2.61. The van der Waals surface area contributed by atoms with E-state index in [1.54, 1.807) is 12.4 Å². The zero-order valence-corrected chi connectivity index (χ0v) is 12.7. The van der Waals surface area contributed by atoms with Gasteiger partial charge >= 0.3 is 0 Å². The quantitative estimate of drug-likeness (QED) is 0.918. The number of halogens is 1. The number of carbonyl (C=O) groups is 1. The van der Waals surface area contributed by atoms with E-state index in [9.17, 15) is 4.79 Å². The fourth-order valence-electron chi connectivity index (χ4n) is 2.40. The van der Waals surface area contributed by atoms with Gasteiger partial charge in [-0.2, -0.15) is 0 Å². The van der Waals surface area contributed by atoms with Crippen molar-refractivity contribution < 1.29 is 4.79 Å². The first kappa shape index (κ1) is 14.4. The van der Waals surface area contributed by atoms with Crippen LogP contribution in [0.25, 0.3) is 0 Å². The molecule has 0 spiro atoms. The van der Waals surface area contributed by atoms with Gasteiger partial charge in [-0.25, -0.2) is 9.97 Å². The van der Waals surface area contributed by atoms with Gasteiger partial charge in [0.15, 0.2) is 0 Å². The van der Waals surface area contributed by atoms with Crippen molar-refractivity contribution in [2.75, 3.05) is 19.6 Å². The van der Waals surface area contributed by atoms with E-state index in [0.717, 1.165) is 36.1 Å². The number of amides is 1. The maximum atomic E-state index is 11.7. The summed E-state index contributed by atoms with van der Waals surface area (Å²) in [6.07, 6.45) is 6.84. The smallest absolute Gasteiger partial charge is 0.234 e. The maximum absolute atomic E-state index is 11.7. The molecule has 5 nitrogen and oxygen atoms in total. The Morgan fingerprint density at radius 2 is 2.21 bits per heavy atom. The molecule has 1 unspecified atom stereocenters. The lowest BCUT2D eigenvalue weighted by atomic mass is 10.0. The van der Waals surface area contributed by atoms with Gasteiger partial charge < -0.3 is 5.32 Å². The second-order valence-corrected chi connectivity index (χ2v) is 5.61. The molecule has 1 aromatic rings. The highest BCUT2D eigenvalue weighted by atomic mass is 79.9. The van der Waals surface area contributed by atoms with Crippen molar-refractivity contribution >= 4 is 21.8 Å². The number of carbonyl (C=O) groups excluding carboxylic acids is 1. The minimum absolute atomic E-state index is 0.0755. The highest BCUT2D eigenvalue weighted by Crippen LogP contribution is 2.28. The molecule has 104 valence electrons. The summed E-state index contributed by atoms with van der Waals surface area (Å²) < 4.78 is 0.877. The lowest BCUT2D eigenvalue weighted by Gasteiger charge is -2.33. The summed E-state index contributed by atoms with van der Waals surface area (Å²) in [6, 6.07) is 0.157. The number of hydrogen-bond acceptors (Lipinski definition) is 4. The third-order valence-corrected chi connectivity index (χ3v) is 3.68. The first-order valence-corrected chi connectivity index (χ1v) is 7.48. The van der Waals surface area contributed by atoms with Gasteiger partial charge in [0.1, 0.15) is 5.82 Å². The van der Waals surface area contributed by atoms with Crippen LogP contribution in [0.1, 0.15) is 38.1 Å².